The molecule has 1 fully saturated rings. The molecule has 3 heterocycles. The Bertz CT molecular complexity index is 881. The number of fused-ring (bicyclic) bond motifs is 2. The molecule has 128 valence electrons. The highest BCUT2D eigenvalue weighted by molar-refractivity contribution is 8.29. The zero-order valence-electron chi connectivity index (χ0n) is 13.7. The van der Waals surface area contributed by atoms with E-state index in [-0.39, 0.29) is 0 Å². The molecule has 0 amide bonds. The molecule has 0 aromatic heterocycles. The van der Waals surface area contributed by atoms with Crippen LogP contribution in [-0.2, 0) is 18.0 Å². The van der Waals surface area contributed by atoms with E-state index in [1.807, 2.05) is 0 Å². The Hall–Kier alpha value is -2.56. The maximum absolute atomic E-state index is 11.7. The van der Waals surface area contributed by atoms with Crippen LogP contribution in [0.3, 0.4) is 0 Å². The summed E-state index contributed by atoms with van der Waals surface area (Å²) < 4.78 is 10.7. The van der Waals surface area contributed by atoms with Crippen LogP contribution in [0.15, 0.2) is 40.2 Å². The first-order valence-corrected chi connectivity index (χ1v) is 9.60. The van der Waals surface area contributed by atoms with Crippen LogP contribution >= 0.6 is 10.6 Å². The lowest BCUT2D eigenvalue weighted by molar-refractivity contribution is -0.150. The van der Waals surface area contributed by atoms with Crippen molar-refractivity contribution in [1.29, 1.82) is 5.26 Å². The van der Waals surface area contributed by atoms with E-state index in [4.69, 9.17) is 8.37 Å². The fourth-order valence-electron chi connectivity index (χ4n) is 3.34. The Kier molecular flexibility index (Phi) is 3.67. The highest BCUT2D eigenvalue weighted by atomic mass is 32.3. The number of rotatable bonds is 2. The van der Waals surface area contributed by atoms with Crippen LogP contribution in [0.4, 0.5) is 0 Å². The van der Waals surface area contributed by atoms with Crippen molar-refractivity contribution >= 4 is 28.1 Å². The molecule has 4 rings (SSSR count). The summed E-state index contributed by atoms with van der Waals surface area (Å²) in [6, 6.07) is 7.41. The zero-order valence-corrected chi connectivity index (χ0v) is 14.5. The summed E-state index contributed by atoms with van der Waals surface area (Å²) in [6.07, 6.45) is 2.96. The van der Waals surface area contributed by atoms with Gasteiger partial charge in [-0.1, -0.05) is 29.7 Å². The molecule has 1 spiro atoms. The van der Waals surface area contributed by atoms with Gasteiger partial charge in [-0.05, 0) is 30.7 Å². The van der Waals surface area contributed by atoms with Crippen molar-refractivity contribution < 1.29 is 18.0 Å². The minimum atomic E-state index is -2.60. The van der Waals surface area contributed by atoms with Crippen molar-refractivity contribution in [3.05, 3.63) is 46.4 Å². The molecule has 0 aliphatic carbocycles. The molecule has 25 heavy (non-hydrogen) atoms. The Labute approximate surface area is 147 Å². The summed E-state index contributed by atoms with van der Waals surface area (Å²) in [7, 11) is -2.60. The van der Waals surface area contributed by atoms with Gasteiger partial charge in [0.25, 0.3) is 0 Å². The average Bonchev–Trinajstić information content (AvgIpc) is 3.11. The van der Waals surface area contributed by atoms with Crippen molar-refractivity contribution in [2.75, 3.05) is 19.6 Å². The summed E-state index contributed by atoms with van der Waals surface area (Å²) in [5.41, 5.74) is 3.15. The molecule has 1 saturated heterocycles. The molecular weight excluding hydrogens is 340 g/mol. The number of carbonyl (C=O) groups is 2. The first-order valence-electron chi connectivity index (χ1n) is 8.05. The van der Waals surface area contributed by atoms with Crippen LogP contribution in [-0.4, -0.2) is 36.5 Å². The van der Waals surface area contributed by atoms with Gasteiger partial charge in [-0.25, -0.2) is 9.59 Å². The van der Waals surface area contributed by atoms with Crippen LogP contribution in [0.25, 0.3) is 5.57 Å². The summed E-state index contributed by atoms with van der Waals surface area (Å²) in [5, 5.41) is 11.3. The number of nitrogens with zero attached hydrogens (tertiary/aromatic N) is 2. The van der Waals surface area contributed by atoms with Gasteiger partial charge in [0.15, 0.2) is 0 Å². The molecule has 1 aromatic carbocycles. The van der Waals surface area contributed by atoms with Crippen LogP contribution in [0, 0.1) is 11.3 Å². The van der Waals surface area contributed by atoms with E-state index in [1.54, 1.807) is 23.6 Å². The second-order valence-corrected chi connectivity index (χ2v) is 8.08. The van der Waals surface area contributed by atoms with Crippen molar-refractivity contribution in [1.82, 2.24) is 4.90 Å². The smallest absolute Gasteiger partial charge is 0.325 e. The maximum atomic E-state index is 11.7. The highest BCUT2D eigenvalue weighted by Gasteiger charge is 2.47. The second-order valence-electron chi connectivity index (χ2n) is 5.98. The van der Waals surface area contributed by atoms with Crippen molar-refractivity contribution in [2.45, 2.75) is 18.2 Å². The highest BCUT2D eigenvalue weighted by Crippen LogP contribution is 2.70. The largest absolute Gasteiger partial charge is 0.441 e. The minimum absolute atomic E-state index is 0.492. The van der Waals surface area contributed by atoms with E-state index in [9.17, 15) is 14.9 Å². The predicted octanol–water partition coefficient (Wildman–Crippen LogP) is 2.66. The van der Waals surface area contributed by atoms with Crippen molar-refractivity contribution in [3.8, 4) is 6.07 Å². The molecule has 3 aliphatic heterocycles. The number of nitriles is 1. The monoisotopic (exact) mass is 356 g/mol. The van der Waals surface area contributed by atoms with Gasteiger partial charge in [-0.15, -0.1) is 0 Å². The molecule has 6 nitrogen and oxygen atoms in total. The molecule has 1 aromatic rings. The number of hydrogen-bond donors (Lipinski definition) is 0. The van der Waals surface area contributed by atoms with E-state index in [2.05, 4.69) is 24.0 Å². The van der Waals surface area contributed by atoms with Crippen molar-refractivity contribution in [2.24, 2.45) is 0 Å². The molecular formula is C18H16N2O4S. The Morgan fingerprint density at radius 3 is 2.64 bits per heavy atom. The molecule has 0 unspecified atom stereocenters. The fraction of sp³-hybridized carbons (Fsp3) is 0.278. The van der Waals surface area contributed by atoms with Gasteiger partial charge >= 0.3 is 11.9 Å². The van der Waals surface area contributed by atoms with E-state index < -0.39 is 22.5 Å². The van der Waals surface area contributed by atoms with Gasteiger partial charge in [0.05, 0.1) is 21.9 Å². The van der Waals surface area contributed by atoms with Crippen LogP contribution in [0.1, 0.15) is 24.5 Å². The molecule has 3 aliphatic rings. The Morgan fingerprint density at radius 2 is 2.04 bits per heavy atom. The number of likely N-dealkylation sites (N-methyl/N-ethyl adjacent to an activating group) is 1. The summed E-state index contributed by atoms with van der Waals surface area (Å²) in [5.74, 6) is -1.95. The SMILES string of the molecule is CCN1CC=C(C2=CS3(OC(=O)C(=O)O3)c3cccc(C#N)c32)CC1. The molecule has 0 atom stereocenters. The second kappa shape index (κ2) is 5.76. The van der Waals surface area contributed by atoms with Gasteiger partial charge < -0.3 is 8.37 Å². The Morgan fingerprint density at radius 1 is 1.28 bits per heavy atom. The Balaban J connectivity index is 1.86. The molecule has 0 saturated carbocycles. The molecule has 7 heteroatoms. The lowest BCUT2D eigenvalue weighted by Crippen LogP contribution is -2.28. The summed E-state index contributed by atoms with van der Waals surface area (Å²) in [6.45, 7) is 4.85. The van der Waals surface area contributed by atoms with Crippen molar-refractivity contribution in [3.63, 3.8) is 0 Å². The molecule has 0 N–H and O–H groups in total. The third kappa shape index (κ3) is 2.37. The zero-order chi connectivity index (χ0) is 17.6. The van der Waals surface area contributed by atoms with Gasteiger partial charge in [-0.3, -0.25) is 4.90 Å². The fourth-order valence-corrected chi connectivity index (χ4v) is 5.72. The summed E-state index contributed by atoms with van der Waals surface area (Å²) in [4.78, 5) is 26.3. The normalized spacial score (nSPS) is 22.6. The van der Waals surface area contributed by atoms with Crippen LogP contribution in [0.5, 0.6) is 0 Å². The predicted molar refractivity (Wildman–Crippen MR) is 92.0 cm³/mol. The van der Waals surface area contributed by atoms with E-state index >= 15 is 0 Å². The lowest BCUT2D eigenvalue weighted by Gasteiger charge is -2.29. The van der Waals surface area contributed by atoms with Gasteiger partial charge in [-0.2, -0.15) is 5.26 Å². The summed E-state index contributed by atoms with van der Waals surface area (Å²) >= 11 is 0. The average molecular weight is 356 g/mol. The standard InChI is InChI=1S/C18H16N2O4S/c1-2-20-8-6-12(7-9-20)14-11-25(23-17(21)18(22)24-25)15-5-3-4-13(10-19)16(14)15/h3-6,11H,2,7-9H2,1H3. The quantitative estimate of drug-likeness (QED) is 0.758. The maximum Gasteiger partial charge on any atom is 0.441 e. The molecule has 0 radical (unpaired) electrons. The van der Waals surface area contributed by atoms with E-state index in [1.165, 1.54) is 0 Å². The minimum Gasteiger partial charge on any atom is -0.325 e. The first kappa shape index (κ1) is 15.9. The van der Waals surface area contributed by atoms with Crippen LogP contribution < -0.4 is 0 Å². The topological polar surface area (TPSA) is 79.6 Å². The van der Waals surface area contributed by atoms with Gasteiger partial charge in [0.1, 0.15) is 0 Å². The third-order valence-corrected chi connectivity index (χ3v) is 6.94. The molecule has 0 bridgehead atoms. The van der Waals surface area contributed by atoms with Gasteiger partial charge in [0.2, 0.25) is 0 Å². The number of benzene rings is 1. The third-order valence-electron chi connectivity index (χ3n) is 4.65. The van der Waals surface area contributed by atoms with Crippen LogP contribution in [0.2, 0.25) is 0 Å². The van der Waals surface area contributed by atoms with E-state index in [0.29, 0.717) is 10.5 Å². The number of hydrogen-bond acceptors (Lipinski definition) is 6. The van der Waals surface area contributed by atoms with E-state index in [0.717, 1.165) is 42.8 Å². The van der Waals surface area contributed by atoms with Gasteiger partial charge in [0, 0.05) is 24.2 Å². The number of allylic oxidation sites excluding steroid dienone is 1. The number of carbonyl (C=O) groups excluding carboxylic acids is 2. The first-order chi connectivity index (χ1) is 12.1. The lowest BCUT2D eigenvalue weighted by atomic mass is 9.92.